The van der Waals surface area contributed by atoms with E-state index < -0.39 is 11.5 Å². The van der Waals surface area contributed by atoms with Crippen molar-refractivity contribution in [2.24, 2.45) is 5.92 Å². The predicted octanol–water partition coefficient (Wildman–Crippen LogP) is 2.52. The minimum atomic E-state index is -0.975. The topological polar surface area (TPSA) is 79.5 Å². The molecule has 0 saturated heterocycles. The van der Waals surface area contributed by atoms with E-state index in [4.69, 9.17) is 0 Å². The van der Waals surface area contributed by atoms with Gasteiger partial charge in [0.05, 0.1) is 5.69 Å². The van der Waals surface area contributed by atoms with Crippen molar-refractivity contribution in [3.05, 3.63) is 24.2 Å². The van der Waals surface area contributed by atoms with Gasteiger partial charge in [-0.15, -0.1) is 0 Å². The molecule has 0 spiro atoms. The lowest BCUT2D eigenvalue weighted by Gasteiger charge is -2.26. The van der Waals surface area contributed by atoms with E-state index in [0.29, 0.717) is 11.7 Å². The van der Waals surface area contributed by atoms with Crippen LogP contribution in [0.5, 0.6) is 0 Å². The van der Waals surface area contributed by atoms with E-state index in [9.17, 15) is 9.90 Å². The Bertz CT molecular complexity index is 690. The minimum Gasteiger partial charge on any atom is -0.480 e. The smallest absolute Gasteiger partial charge is 0.329 e. The first kappa shape index (κ1) is 13.9. The van der Waals surface area contributed by atoms with Crippen LogP contribution in [0.15, 0.2) is 18.5 Å². The maximum Gasteiger partial charge on any atom is 0.329 e. The Labute approximate surface area is 123 Å². The number of anilines is 1. The number of hydrogen-bond acceptors (Lipinski definition) is 4. The molecule has 2 heterocycles. The van der Waals surface area contributed by atoms with Gasteiger partial charge < -0.3 is 10.4 Å². The van der Waals surface area contributed by atoms with Crippen molar-refractivity contribution in [2.45, 2.75) is 45.1 Å². The normalized spacial score (nSPS) is 17.9. The highest BCUT2D eigenvalue weighted by Crippen LogP contribution is 2.41. The zero-order valence-electron chi connectivity index (χ0n) is 12.5. The van der Waals surface area contributed by atoms with E-state index in [1.807, 2.05) is 6.07 Å². The van der Waals surface area contributed by atoms with Gasteiger partial charge in [-0.1, -0.05) is 13.8 Å². The minimum absolute atomic E-state index is 0.157. The molecule has 2 N–H and O–H groups in total. The Kier molecular flexibility index (Phi) is 3.11. The Balaban J connectivity index is 2.02. The van der Waals surface area contributed by atoms with Crippen molar-refractivity contribution in [1.29, 1.82) is 0 Å². The lowest BCUT2D eigenvalue weighted by atomic mass is 9.96. The van der Waals surface area contributed by atoms with E-state index in [-0.39, 0.29) is 5.92 Å². The average molecular weight is 288 g/mol. The fourth-order valence-electron chi connectivity index (χ4n) is 2.56. The molecule has 1 atom stereocenters. The number of aliphatic carboxylic acids is 1. The fraction of sp³-hybridized carbons (Fsp3) is 0.533. The van der Waals surface area contributed by atoms with Crippen molar-refractivity contribution in [3.63, 3.8) is 0 Å². The number of rotatable bonds is 5. The summed E-state index contributed by atoms with van der Waals surface area (Å²) in [5.74, 6) is 0.211. The highest BCUT2D eigenvalue weighted by molar-refractivity contribution is 5.85. The highest BCUT2D eigenvalue weighted by atomic mass is 16.4. The van der Waals surface area contributed by atoms with Crippen molar-refractivity contribution in [3.8, 4) is 0 Å². The summed E-state index contributed by atoms with van der Waals surface area (Å²) in [4.78, 5) is 16.0. The number of fused-ring (bicyclic) bond motifs is 1. The van der Waals surface area contributed by atoms with E-state index >= 15 is 0 Å². The summed E-state index contributed by atoms with van der Waals surface area (Å²) in [6, 6.07) is 1.97. The second kappa shape index (κ2) is 4.72. The molecule has 1 aliphatic carbocycles. The number of carboxylic acids is 1. The molecule has 2 aromatic heterocycles. The quantitative estimate of drug-likeness (QED) is 0.883. The van der Waals surface area contributed by atoms with Gasteiger partial charge in [0, 0.05) is 12.4 Å². The van der Waals surface area contributed by atoms with Crippen LogP contribution in [0.25, 0.3) is 5.52 Å². The van der Waals surface area contributed by atoms with Crippen molar-refractivity contribution >= 4 is 17.3 Å². The summed E-state index contributed by atoms with van der Waals surface area (Å²) >= 11 is 0. The molecule has 1 saturated carbocycles. The summed E-state index contributed by atoms with van der Waals surface area (Å²) in [5.41, 5.74) is 0.806. The maximum absolute atomic E-state index is 11.6. The summed E-state index contributed by atoms with van der Waals surface area (Å²) in [6.07, 6.45) is 5.30. The largest absolute Gasteiger partial charge is 0.480 e. The number of aromatic nitrogens is 3. The van der Waals surface area contributed by atoms with Gasteiger partial charge in [-0.2, -0.15) is 5.10 Å². The molecule has 6 heteroatoms. The molecule has 3 rings (SSSR count). The fourth-order valence-corrected chi connectivity index (χ4v) is 2.56. The van der Waals surface area contributed by atoms with E-state index in [1.165, 1.54) is 0 Å². The Morgan fingerprint density at radius 3 is 2.81 bits per heavy atom. The Hall–Kier alpha value is -2.11. The van der Waals surface area contributed by atoms with Crippen LogP contribution in [0.1, 0.15) is 45.2 Å². The molecule has 0 radical (unpaired) electrons. The lowest BCUT2D eigenvalue weighted by Crippen LogP contribution is -2.45. The van der Waals surface area contributed by atoms with Gasteiger partial charge in [-0.05, 0) is 37.7 Å². The standard InChI is InChI=1S/C15H20N4O2/c1-9(2)11-8-12-13(16-6-7-19(12)18-11)17-15(3,14(20)21)10-4-5-10/h6-10H,4-5H2,1-3H3,(H,16,17)(H,20,21). The first-order valence-corrected chi connectivity index (χ1v) is 7.27. The first-order chi connectivity index (χ1) is 9.91. The van der Waals surface area contributed by atoms with E-state index in [0.717, 1.165) is 24.1 Å². The molecule has 0 aromatic carbocycles. The van der Waals surface area contributed by atoms with Crippen molar-refractivity contribution in [2.75, 3.05) is 5.32 Å². The third-order valence-corrected chi connectivity index (χ3v) is 4.22. The molecule has 1 fully saturated rings. The molecule has 21 heavy (non-hydrogen) atoms. The third-order valence-electron chi connectivity index (χ3n) is 4.22. The van der Waals surface area contributed by atoms with Gasteiger partial charge in [0.1, 0.15) is 11.1 Å². The zero-order valence-corrected chi connectivity index (χ0v) is 12.5. The number of nitrogens with one attached hydrogen (secondary N) is 1. The molecule has 0 aliphatic heterocycles. The molecule has 6 nitrogen and oxygen atoms in total. The zero-order chi connectivity index (χ0) is 15.2. The Morgan fingerprint density at radius 2 is 2.24 bits per heavy atom. The second-order valence-corrected chi connectivity index (χ2v) is 6.24. The van der Waals surface area contributed by atoms with Crippen LogP contribution in [-0.4, -0.2) is 31.2 Å². The summed E-state index contributed by atoms with van der Waals surface area (Å²) in [5, 5.41) is 17.2. The van der Waals surface area contributed by atoms with Crippen LogP contribution >= 0.6 is 0 Å². The molecular weight excluding hydrogens is 268 g/mol. The van der Waals surface area contributed by atoms with Gasteiger partial charge in [-0.3, -0.25) is 0 Å². The lowest BCUT2D eigenvalue weighted by molar-refractivity contribution is -0.142. The molecule has 0 bridgehead atoms. The first-order valence-electron chi connectivity index (χ1n) is 7.27. The summed E-state index contributed by atoms with van der Waals surface area (Å²) < 4.78 is 1.75. The van der Waals surface area contributed by atoms with Crippen LogP contribution < -0.4 is 5.32 Å². The second-order valence-electron chi connectivity index (χ2n) is 6.24. The molecular formula is C15H20N4O2. The number of carbonyl (C=O) groups is 1. The SMILES string of the molecule is CC(C)c1cc2c(NC(C)(C(=O)O)C3CC3)nccn2n1. The van der Waals surface area contributed by atoms with Gasteiger partial charge in [0.15, 0.2) is 5.82 Å². The molecule has 2 aromatic rings. The van der Waals surface area contributed by atoms with Gasteiger partial charge >= 0.3 is 5.97 Å². The summed E-state index contributed by atoms with van der Waals surface area (Å²) in [7, 11) is 0. The van der Waals surface area contributed by atoms with Crippen LogP contribution in [0, 0.1) is 5.92 Å². The van der Waals surface area contributed by atoms with Gasteiger partial charge in [0.25, 0.3) is 0 Å². The number of hydrogen-bond donors (Lipinski definition) is 2. The van der Waals surface area contributed by atoms with Crippen molar-refractivity contribution < 1.29 is 9.90 Å². The van der Waals surface area contributed by atoms with Crippen LogP contribution in [0.4, 0.5) is 5.82 Å². The number of nitrogens with zero attached hydrogens (tertiary/aromatic N) is 3. The monoisotopic (exact) mass is 288 g/mol. The molecule has 1 unspecified atom stereocenters. The van der Waals surface area contributed by atoms with Gasteiger partial charge in [0.2, 0.25) is 0 Å². The average Bonchev–Trinajstić information content (AvgIpc) is 3.18. The van der Waals surface area contributed by atoms with E-state index in [2.05, 4.69) is 29.2 Å². The van der Waals surface area contributed by atoms with Gasteiger partial charge in [-0.25, -0.2) is 14.3 Å². The summed E-state index contributed by atoms with van der Waals surface area (Å²) in [6.45, 7) is 5.89. The van der Waals surface area contributed by atoms with E-state index in [1.54, 1.807) is 23.8 Å². The van der Waals surface area contributed by atoms with Crippen LogP contribution in [-0.2, 0) is 4.79 Å². The van der Waals surface area contributed by atoms with Crippen molar-refractivity contribution in [1.82, 2.24) is 14.6 Å². The predicted molar refractivity (Wildman–Crippen MR) is 79.5 cm³/mol. The third kappa shape index (κ3) is 2.34. The molecule has 112 valence electrons. The molecule has 1 aliphatic rings. The number of carboxylic acid groups (broad SMARTS) is 1. The molecule has 0 amide bonds. The van der Waals surface area contributed by atoms with Crippen LogP contribution in [0.2, 0.25) is 0 Å². The highest BCUT2D eigenvalue weighted by Gasteiger charge is 2.48. The Morgan fingerprint density at radius 1 is 1.52 bits per heavy atom. The maximum atomic E-state index is 11.6. The van der Waals surface area contributed by atoms with Crippen LogP contribution in [0.3, 0.4) is 0 Å².